The summed E-state index contributed by atoms with van der Waals surface area (Å²) >= 11 is 1.65. The molecular formula is C14H16N4OS. The van der Waals surface area contributed by atoms with Crippen LogP contribution < -0.4 is 10.6 Å². The van der Waals surface area contributed by atoms with Gasteiger partial charge in [-0.25, -0.2) is 4.79 Å². The number of fused-ring (bicyclic) bond motifs is 2. The zero-order valence-electron chi connectivity index (χ0n) is 11.0. The molecule has 3 atom stereocenters. The Morgan fingerprint density at radius 3 is 3.15 bits per heavy atom. The second-order valence-electron chi connectivity index (χ2n) is 5.49. The highest BCUT2D eigenvalue weighted by Gasteiger charge is 2.39. The fraction of sp³-hybridized carbons (Fsp3) is 0.429. The summed E-state index contributed by atoms with van der Waals surface area (Å²) in [6.45, 7) is 0. The lowest BCUT2D eigenvalue weighted by Gasteiger charge is -2.21. The summed E-state index contributed by atoms with van der Waals surface area (Å²) < 4.78 is 1.40. The molecule has 0 aliphatic carbocycles. The molecule has 2 aliphatic heterocycles. The summed E-state index contributed by atoms with van der Waals surface area (Å²) in [5, 5.41) is 12.8. The van der Waals surface area contributed by atoms with E-state index in [4.69, 9.17) is 0 Å². The van der Waals surface area contributed by atoms with Gasteiger partial charge in [0.05, 0.1) is 6.20 Å². The Morgan fingerprint density at radius 1 is 1.50 bits per heavy atom. The summed E-state index contributed by atoms with van der Waals surface area (Å²) in [7, 11) is 0. The predicted molar refractivity (Wildman–Crippen MR) is 77.8 cm³/mol. The third-order valence-electron chi connectivity index (χ3n) is 4.21. The van der Waals surface area contributed by atoms with Gasteiger partial charge in [0.15, 0.2) is 0 Å². The molecule has 0 radical (unpaired) electrons. The highest BCUT2D eigenvalue weighted by atomic mass is 32.1. The fourth-order valence-electron chi connectivity index (χ4n) is 3.21. The lowest BCUT2D eigenvalue weighted by atomic mass is 9.96. The van der Waals surface area contributed by atoms with Gasteiger partial charge in [-0.1, -0.05) is 6.07 Å². The molecule has 20 heavy (non-hydrogen) atoms. The third-order valence-corrected chi connectivity index (χ3v) is 5.12. The molecule has 2 bridgehead atoms. The minimum absolute atomic E-state index is 0.132. The molecule has 104 valence electrons. The minimum Gasteiger partial charge on any atom is -0.332 e. The average molecular weight is 288 g/mol. The van der Waals surface area contributed by atoms with Crippen molar-refractivity contribution in [3.63, 3.8) is 0 Å². The van der Waals surface area contributed by atoms with Crippen LogP contribution in [0.15, 0.2) is 29.9 Å². The molecular weight excluding hydrogens is 272 g/mol. The number of nitrogens with zero attached hydrogens (tertiary/aromatic N) is 2. The van der Waals surface area contributed by atoms with Crippen LogP contribution in [0.25, 0.3) is 10.4 Å². The van der Waals surface area contributed by atoms with Crippen molar-refractivity contribution in [2.45, 2.75) is 37.4 Å². The van der Waals surface area contributed by atoms with Gasteiger partial charge in [-0.05, 0) is 30.7 Å². The first-order chi connectivity index (χ1) is 9.79. The average Bonchev–Trinajstić information content (AvgIpc) is 3.21. The second-order valence-corrected chi connectivity index (χ2v) is 6.44. The molecule has 0 saturated carbocycles. The number of hydrogen-bond donors (Lipinski definition) is 2. The molecule has 2 saturated heterocycles. The third kappa shape index (κ3) is 2.05. The molecule has 2 fully saturated rings. The molecule has 5 nitrogen and oxygen atoms in total. The van der Waals surface area contributed by atoms with E-state index in [1.54, 1.807) is 23.7 Å². The maximum atomic E-state index is 12.2. The highest BCUT2D eigenvalue weighted by molar-refractivity contribution is 7.13. The van der Waals surface area contributed by atoms with Crippen molar-refractivity contribution in [3.8, 4) is 10.4 Å². The van der Waals surface area contributed by atoms with Crippen molar-refractivity contribution in [3.05, 3.63) is 29.9 Å². The van der Waals surface area contributed by atoms with Crippen LogP contribution in [0.2, 0.25) is 0 Å². The van der Waals surface area contributed by atoms with E-state index in [2.05, 4.69) is 15.7 Å². The van der Waals surface area contributed by atoms with Crippen LogP contribution in [-0.2, 0) is 0 Å². The number of amides is 1. The van der Waals surface area contributed by atoms with E-state index in [1.165, 1.54) is 11.1 Å². The summed E-state index contributed by atoms with van der Waals surface area (Å²) in [6, 6.07) is 5.17. The first kappa shape index (κ1) is 12.1. The van der Waals surface area contributed by atoms with E-state index < -0.39 is 0 Å². The smallest absolute Gasteiger partial charge is 0.332 e. The molecule has 2 aromatic rings. The van der Waals surface area contributed by atoms with Gasteiger partial charge >= 0.3 is 6.03 Å². The highest BCUT2D eigenvalue weighted by Crippen LogP contribution is 2.28. The van der Waals surface area contributed by atoms with Crippen molar-refractivity contribution in [2.24, 2.45) is 0 Å². The summed E-state index contributed by atoms with van der Waals surface area (Å²) in [6.07, 6.45) is 6.97. The molecule has 2 N–H and O–H groups in total. The molecule has 4 heterocycles. The largest absolute Gasteiger partial charge is 0.342 e. The Balaban J connectivity index is 1.46. The van der Waals surface area contributed by atoms with Crippen LogP contribution in [-0.4, -0.2) is 33.9 Å². The Hall–Kier alpha value is -1.66. The second kappa shape index (κ2) is 4.71. The zero-order valence-corrected chi connectivity index (χ0v) is 11.8. The molecule has 0 spiro atoms. The van der Waals surface area contributed by atoms with Crippen molar-refractivity contribution in [1.82, 2.24) is 20.4 Å². The maximum absolute atomic E-state index is 12.2. The van der Waals surface area contributed by atoms with Gasteiger partial charge in [0, 0.05) is 34.8 Å². The monoisotopic (exact) mass is 288 g/mol. The molecule has 1 amide bonds. The van der Waals surface area contributed by atoms with Crippen LogP contribution in [0.3, 0.4) is 0 Å². The SMILES string of the molecule is O=C(NC1CC2CCC1N2)n1cc(-c2cccs2)cn1. The first-order valence-electron chi connectivity index (χ1n) is 6.95. The molecule has 3 unspecified atom stereocenters. The van der Waals surface area contributed by atoms with E-state index >= 15 is 0 Å². The number of hydrogen-bond acceptors (Lipinski definition) is 4. The van der Waals surface area contributed by atoms with E-state index in [-0.39, 0.29) is 12.1 Å². The Bertz CT molecular complexity index is 621. The van der Waals surface area contributed by atoms with E-state index in [0.717, 1.165) is 23.3 Å². The summed E-state index contributed by atoms with van der Waals surface area (Å²) in [5.74, 6) is 0. The van der Waals surface area contributed by atoms with E-state index in [9.17, 15) is 4.79 Å². The van der Waals surface area contributed by atoms with Gasteiger partial charge in [0.2, 0.25) is 0 Å². The van der Waals surface area contributed by atoms with Crippen LogP contribution in [0.5, 0.6) is 0 Å². The standard InChI is InChI=1S/C14H16N4OS/c19-14(17-12-6-10-3-4-11(12)16-10)18-8-9(7-15-18)13-2-1-5-20-13/h1-2,5,7-8,10-12,16H,3-4,6H2,(H,17,19). The Kier molecular flexibility index (Phi) is 2.85. The molecule has 2 aromatic heterocycles. The van der Waals surface area contributed by atoms with Crippen LogP contribution in [0.1, 0.15) is 19.3 Å². The van der Waals surface area contributed by atoms with Gasteiger partial charge in [-0.3, -0.25) is 0 Å². The molecule has 6 heteroatoms. The van der Waals surface area contributed by atoms with Gasteiger partial charge in [-0.2, -0.15) is 9.78 Å². The fourth-order valence-corrected chi connectivity index (χ4v) is 3.91. The Morgan fingerprint density at radius 2 is 2.45 bits per heavy atom. The van der Waals surface area contributed by atoms with Crippen LogP contribution in [0, 0.1) is 0 Å². The van der Waals surface area contributed by atoms with Crippen LogP contribution >= 0.6 is 11.3 Å². The van der Waals surface area contributed by atoms with E-state index in [0.29, 0.717) is 12.1 Å². The van der Waals surface area contributed by atoms with Gasteiger partial charge in [-0.15, -0.1) is 11.3 Å². The number of thiophene rings is 1. The Labute approximate surface area is 121 Å². The zero-order chi connectivity index (χ0) is 13.5. The molecule has 2 aliphatic rings. The van der Waals surface area contributed by atoms with E-state index in [1.807, 2.05) is 17.5 Å². The lowest BCUT2D eigenvalue weighted by Crippen LogP contribution is -2.44. The summed E-state index contributed by atoms with van der Waals surface area (Å²) in [4.78, 5) is 13.4. The van der Waals surface area contributed by atoms with Crippen molar-refractivity contribution >= 4 is 17.4 Å². The van der Waals surface area contributed by atoms with Crippen LogP contribution in [0.4, 0.5) is 4.79 Å². The normalized spacial score (nSPS) is 27.9. The van der Waals surface area contributed by atoms with Crippen molar-refractivity contribution in [2.75, 3.05) is 0 Å². The number of aromatic nitrogens is 2. The quantitative estimate of drug-likeness (QED) is 0.889. The van der Waals surface area contributed by atoms with Gasteiger partial charge in [0.25, 0.3) is 0 Å². The maximum Gasteiger partial charge on any atom is 0.342 e. The van der Waals surface area contributed by atoms with Gasteiger partial charge in [0.1, 0.15) is 0 Å². The predicted octanol–water partition coefficient (Wildman–Crippen LogP) is 2.06. The molecule has 0 aromatic carbocycles. The number of carbonyl (C=O) groups is 1. The molecule has 4 rings (SSSR count). The summed E-state index contributed by atoms with van der Waals surface area (Å²) in [5.41, 5.74) is 0.987. The topological polar surface area (TPSA) is 59.0 Å². The minimum atomic E-state index is -0.132. The van der Waals surface area contributed by atoms with Crippen molar-refractivity contribution < 1.29 is 4.79 Å². The van der Waals surface area contributed by atoms with Crippen molar-refractivity contribution in [1.29, 1.82) is 0 Å². The lowest BCUT2D eigenvalue weighted by molar-refractivity contribution is 0.233. The van der Waals surface area contributed by atoms with Gasteiger partial charge < -0.3 is 10.6 Å². The number of carbonyl (C=O) groups excluding carboxylic acids is 1. The first-order valence-corrected chi connectivity index (χ1v) is 7.83. The number of rotatable bonds is 2. The number of nitrogens with one attached hydrogen (secondary N) is 2.